The number of sulfonamides is 1. The minimum absolute atomic E-state index is 0.00627. The normalized spacial score (nSPS) is 14.0. The molecule has 1 N–H and O–H groups in total. The predicted molar refractivity (Wildman–Crippen MR) is 189 cm³/mol. The van der Waals surface area contributed by atoms with E-state index in [1.165, 1.54) is 23.1 Å². The molecule has 1 aliphatic carbocycles. The van der Waals surface area contributed by atoms with E-state index in [1.807, 2.05) is 30.3 Å². The largest absolute Gasteiger partial charge is 0.352 e. The number of amides is 2. The number of hydrogen-bond acceptors (Lipinski definition) is 4. The van der Waals surface area contributed by atoms with Gasteiger partial charge >= 0.3 is 0 Å². The quantitative estimate of drug-likeness (QED) is 0.162. The molecule has 1 saturated carbocycles. The number of nitrogens with zero attached hydrogens (tertiary/aromatic N) is 2. The first kappa shape index (κ1) is 34.8. The summed E-state index contributed by atoms with van der Waals surface area (Å²) in [6.45, 7) is 1.16. The van der Waals surface area contributed by atoms with Crippen molar-refractivity contribution in [3.63, 3.8) is 0 Å². The number of aryl methyl sites for hydroxylation is 1. The molecule has 47 heavy (non-hydrogen) atoms. The molecule has 4 aromatic carbocycles. The molecule has 11 heteroatoms. The van der Waals surface area contributed by atoms with Crippen molar-refractivity contribution in [2.75, 3.05) is 10.8 Å². The van der Waals surface area contributed by atoms with E-state index in [1.54, 1.807) is 55.5 Å². The molecule has 0 heterocycles. The molecular formula is C36H36Cl3N3O4S. The lowest BCUT2D eigenvalue weighted by molar-refractivity contribution is -0.140. The van der Waals surface area contributed by atoms with Crippen molar-refractivity contribution in [2.24, 2.45) is 0 Å². The van der Waals surface area contributed by atoms with E-state index in [4.69, 9.17) is 34.8 Å². The molecule has 0 saturated heterocycles. The first-order chi connectivity index (χ1) is 22.5. The summed E-state index contributed by atoms with van der Waals surface area (Å²) in [5.74, 6) is -0.872. The highest BCUT2D eigenvalue weighted by Crippen LogP contribution is 2.31. The monoisotopic (exact) mass is 711 g/mol. The highest BCUT2D eigenvalue weighted by molar-refractivity contribution is 7.92. The second-order valence-corrected chi connectivity index (χ2v) is 14.8. The van der Waals surface area contributed by atoms with Gasteiger partial charge < -0.3 is 10.2 Å². The van der Waals surface area contributed by atoms with E-state index in [9.17, 15) is 18.0 Å². The molecule has 0 aromatic heterocycles. The number of benzene rings is 4. The van der Waals surface area contributed by atoms with Gasteiger partial charge in [0.05, 0.1) is 20.6 Å². The minimum atomic E-state index is -4.24. The van der Waals surface area contributed by atoms with Crippen LogP contribution in [0.1, 0.15) is 42.4 Å². The average Bonchev–Trinajstić information content (AvgIpc) is 3.58. The zero-order valence-corrected chi connectivity index (χ0v) is 29.0. The molecule has 0 radical (unpaired) electrons. The Balaban J connectivity index is 1.60. The zero-order valence-electron chi connectivity index (χ0n) is 25.9. The first-order valence-corrected chi connectivity index (χ1v) is 18.0. The van der Waals surface area contributed by atoms with Gasteiger partial charge in [-0.05, 0) is 72.9 Å². The van der Waals surface area contributed by atoms with Crippen molar-refractivity contribution in [3.8, 4) is 0 Å². The maximum Gasteiger partial charge on any atom is 0.264 e. The van der Waals surface area contributed by atoms with Gasteiger partial charge in [0, 0.05) is 24.0 Å². The van der Waals surface area contributed by atoms with E-state index in [0.717, 1.165) is 35.6 Å². The summed E-state index contributed by atoms with van der Waals surface area (Å²) in [5, 5.41) is 4.14. The maximum absolute atomic E-state index is 14.7. The third-order valence-corrected chi connectivity index (χ3v) is 11.1. The molecule has 5 rings (SSSR count). The Hall–Kier alpha value is -3.56. The van der Waals surface area contributed by atoms with Crippen molar-refractivity contribution in [1.29, 1.82) is 0 Å². The number of nitrogens with one attached hydrogen (secondary N) is 1. The summed E-state index contributed by atoms with van der Waals surface area (Å²) >= 11 is 18.9. The fourth-order valence-corrected chi connectivity index (χ4v) is 7.82. The Morgan fingerprint density at radius 2 is 1.49 bits per heavy atom. The molecule has 1 unspecified atom stereocenters. The molecule has 1 fully saturated rings. The van der Waals surface area contributed by atoms with Crippen LogP contribution in [-0.4, -0.2) is 43.8 Å². The van der Waals surface area contributed by atoms with Crippen LogP contribution in [0.3, 0.4) is 0 Å². The molecule has 7 nitrogen and oxygen atoms in total. The molecule has 0 aliphatic heterocycles. The van der Waals surface area contributed by atoms with Crippen LogP contribution in [0.2, 0.25) is 15.1 Å². The maximum atomic E-state index is 14.7. The minimum Gasteiger partial charge on any atom is -0.352 e. The van der Waals surface area contributed by atoms with E-state index in [-0.39, 0.29) is 35.5 Å². The van der Waals surface area contributed by atoms with Crippen LogP contribution in [0.15, 0.2) is 102 Å². The molecule has 0 bridgehead atoms. The molecule has 2 amide bonds. The SMILES string of the molecule is Cc1ccc(Cl)cc1N(CC(=O)N(Cc1ccc(Cl)c(Cl)c1)C(Cc1ccccc1)C(=O)NC1CCCC1)S(=O)(=O)c1ccccc1. The van der Waals surface area contributed by atoms with Crippen LogP contribution in [0, 0.1) is 6.92 Å². The molecular weight excluding hydrogens is 677 g/mol. The van der Waals surface area contributed by atoms with Gasteiger partial charge in [0.15, 0.2) is 0 Å². The second kappa shape index (κ2) is 15.6. The van der Waals surface area contributed by atoms with Gasteiger partial charge in [-0.25, -0.2) is 8.42 Å². The number of halogens is 3. The fraction of sp³-hybridized carbons (Fsp3) is 0.278. The number of carbonyl (C=O) groups is 2. The van der Waals surface area contributed by atoms with Crippen LogP contribution in [0.25, 0.3) is 0 Å². The van der Waals surface area contributed by atoms with Crippen molar-refractivity contribution >= 4 is 62.3 Å². The summed E-state index contributed by atoms with van der Waals surface area (Å²) in [6.07, 6.45) is 3.98. The third kappa shape index (κ3) is 8.68. The van der Waals surface area contributed by atoms with Crippen LogP contribution >= 0.6 is 34.8 Å². The number of rotatable bonds is 12. The molecule has 4 aromatic rings. The van der Waals surface area contributed by atoms with Crippen molar-refractivity contribution in [3.05, 3.63) is 129 Å². The molecule has 1 atom stereocenters. The number of hydrogen-bond donors (Lipinski definition) is 1. The summed E-state index contributed by atoms with van der Waals surface area (Å²) in [6, 6.07) is 26.3. The van der Waals surface area contributed by atoms with Gasteiger partial charge in [-0.3, -0.25) is 13.9 Å². The highest BCUT2D eigenvalue weighted by atomic mass is 35.5. The Morgan fingerprint density at radius 1 is 0.830 bits per heavy atom. The highest BCUT2D eigenvalue weighted by Gasteiger charge is 2.36. The van der Waals surface area contributed by atoms with Gasteiger partial charge in [-0.2, -0.15) is 0 Å². The zero-order chi connectivity index (χ0) is 33.6. The average molecular weight is 713 g/mol. The number of carbonyl (C=O) groups excluding carboxylic acids is 2. The summed E-state index contributed by atoms with van der Waals surface area (Å²) in [4.78, 5) is 30.3. The predicted octanol–water partition coefficient (Wildman–Crippen LogP) is 7.85. The number of anilines is 1. The first-order valence-electron chi connectivity index (χ1n) is 15.4. The summed E-state index contributed by atoms with van der Waals surface area (Å²) < 4.78 is 29.5. The Morgan fingerprint density at radius 3 is 2.15 bits per heavy atom. The van der Waals surface area contributed by atoms with Crippen molar-refractivity contribution in [1.82, 2.24) is 10.2 Å². The van der Waals surface area contributed by atoms with E-state index in [2.05, 4.69) is 5.32 Å². The van der Waals surface area contributed by atoms with E-state index >= 15 is 0 Å². The smallest absolute Gasteiger partial charge is 0.264 e. The molecule has 246 valence electrons. The lowest BCUT2D eigenvalue weighted by Crippen LogP contribution is -2.54. The third-order valence-electron chi connectivity index (χ3n) is 8.36. The fourth-order valence-electron chi connectivity index (χ4n) is 5.84. The van der Waals surface area contributed by atoms with Gasteiger partial charge in [0.1, 0.15) is 12.6 Å². The lowest BCUT2D eigenvalue weighted by atomic mass is 10.0. The van der Waals surface area contributed by atoms with Crippen LogP contribution < -0.4 is 9.62 Å². The Labute approximate surface area is 291 Å². The lowest BCUT2D eigenvalue weighted by Gasteiger charge is -2.34. The van der Waals surface area contributed by atoms with Gasteiger partial charge in [0.2, 0.25) is 11.8 Å². The molecule has 0 spiro atoms. The molecule has 1 aliphatic rings. The standard InChI is InChI=1S/C36H36Cl3N3O4S/c1-25-16-18-28(37)22-33(25)42(47(45,46)30-14-6-3-7-15-30)24-35(43)41(23-27-17-19-31(38)32(39)20-27)34(21-26-10-4-2-5-11-26)36(44)40-29-12-8-9-13-29/h2-7,10-11,14-20,22,29,34H,8-9,12-13,21,23-24H2,1H3,(H,40,44). The Kier molecular flexibility index (Phi) is 11.5. The van der Waals surface area contributed by atoms with Crippen molar-refractivity contribution < 1.29 is 18.0 Å². The van der Waals surface area contributed by atoms with Gasteiger partial charge in [0.25, 0.3) is 10.0 Å². The van der Waals surface area contributed by atoms with Crippen LogP contribution in [0.4, 0.5) is 5.69 Å². The van der Waals surface area contributed by atoms with E-state index in [0.29, 0.717) is 26.2 Å². The summed E-state index contributed by atoms with van der Waals surface area (Å²) in [5.41, 5.74) is 2.36. The summed E-state index contributed by atoms with van der Waals surface area (Å²) in [7, 11) is -4.24. The van der Waals surface area contributed by atoms with E-state index < -0.39 is 28.5 Å². The van der Waals surface area contributed by atoms with Crippen LogP contribution in [-0.2, 0) is 32.6 Å². The topological polar surface area (TPSA) is 86.8 Å². The van der Waals surface area contributed by atoms with Gasteiger partial charge in [-0.1, -0.05) is 108 Å². The second-order valence-electron chi connectivity index (χ2n) is 11.7. The Bertz CT molecular complexity index is 1820. The van der Waals surface area contributed by atoms with Crippen LogP contribution in [0.5, 0.6) is 0 Å². The van der Waals surface area contributed by atoms with Gasteiger partial charge in [-0.15, -0.1) is 0 Å². The van der Waals surface area contributed by atoms with Crippen molar-refractivity contribution in [2.45, 2.75) is 62.6 Å².